The fourth-order valence-corrected chi connectivity index (χ4v) is 4.08. The standard InChI is InChI=1S/C19H29N3O2/c1-15-5-3-8-20-18(15)19(23)22-13-16-6-10-21(9-4-12-24-2)11-7-17(16)14-22/h3,5,8,16-17H,4,6-7,9-14H2,1-2H3/t16-,17+. The van der Waals surface area contributed by atoms with Gasteiger partial charge in [-0.3, -0.25) is 9.78 Å². The van der Waals surface area contributed by atoms with Crippen LogP contribution in [0.1, 0.15) is 35.3 Å². The molecule has 132 valence electrons. The molecule has 0 saturated carbocycles. The van der Waals surface area contributed by atoms with Gasteiger partial charge in [-0.15, -0.1) is 0 Å². The van der Waals surface area contributed by atoms with Gasteiger partial charge in [-0.1, -0.05) is 6.07 Å². The van der Waals surface area contributed by atoms with Crippen LogP contribution in [0.15, 0.2) is 18.3 Å². The van der Waals surface area contributed by atoms with Crippen molar-refractivity contribution in [3.63, 3.8) is 0 Å². The van der Waals surface area contributed by atoms with Gasteiger partial charge in [0, 0.05) is 39.5 Å². The molecule has 0 bridgehead atoms. The van der Waals surface area contributed by atoms with E-state index in [0.29, 0.717) is 17.5 Å². The van der Waals surface area contributed by atoms with Gasteiger partial charge in [0.25, 0.3) is 5.91 Å². The summed E-state index contributed by atoms with van der Waals surface area (Å²) in [5.74, 6) is 1.40. The van der Waals surface area contributed by atoms with Crippen molar-refractivity contribution in [1.82, 2.24) is 14.8 Å². The summed E-state index contributed by atoms with van der Waals surface area (Å²) >= 11 is 0. The van der Waals surface area contributed by atoms with Crippen LogP contribution in [-0.4, -0.2) is 67.1 Å². The number of rotatable bonds is 5. The summed E-state index contributed by atoms with van der Waals surface area (Å²) in [5.41, 5.74) is 1.59. The minimum Gasteiger partial charge on any atom is -0.385 e. The number of aryl methyl sites for hydroxylation is 1. The molecule has 3 heterocycles. The Hall–Kier alpha value is -1.46. The largest absolute Gasteiger partial charge is 0.385 e. The minimum absolute atomic E-state index is 0.109. The number of likely N-dealkylation sites (tertiary alicyclic amines) is 2. The second-order valence-corrected chi connectivity index (χ2v) is 7.16. The summed E-state index contributed by atoms with van der Waals surface area (Å²) in [4.78, 5) is 21.7. The maximum absolute atomic E-state index is 12.8. The average molecular weight is 331 g/mol. The summed E-state index contributed by atoms with van der Waals surface area (Å²) < 4.78 is 5.15. The Morgan fingerprint density at radius 3 is 2.62 bits per heavy atom. The number of fused-ring (bicyclic) bond motifs is 1. The van der Waals surface area contributed by atoms with E-state index in [0.717, 1.165) is 51.3 Å². The van der Waals surface area contributed by atoms with E-state index in [-0.39, 0.29) is 5.91 Å². The van der Waals surface area contributed by atoms with Crippen LogP contribution in [0.4, 0.5) is 0 Å². The van der Waals surface area contributed by atoms with E-state index in [1.165, 1.54) is 12.8 Å². The lowest BCUT2D eigenvalue weighted by Crippen LogP contribution is -2.32. The lowest BCUT2D eigenvalue weighted by Gasteiger charge is -2.22. The number of aromatic nitrogens is 1. The molecule has 2 aliphatic heterocycles. The van der Waals surface area contributed by atoms with Gasteiger partial charge in [-0.05, 0) is 62.7 Å². The van der Waals surface area contributed by atoms with E-state index in [1.54, 1.807) is 13.3 Å². The number of carbonyl (C=O) groups excluding carboxylic acids is 1. The van der Waals surface area contributed by atoms with Crippen LogP contribution in [0, 0.1) is 18.8 Å². The van der Waals surface area contributed by atoms with Crippen LogP contribution in [0.25, 0.3) is 0 Å². The molecular formula is C19H29N3O2. The van der Waals surface area contributed by atoms with Gasteiger partial charge in [-0.25, -0.2) is 0 Å². The number of methoxy groups -OCH3 is 1. The highest BCUT2D eigenvalue weighted by Crippen LogP contribution is 2.32. The molecule has 0 radical (unpaired) electrons. The first-order valence-corrected chi connectivity index (χ1v) is 9.11. The third kappa shape index (κ3) is 3.95. The monoisotopic (exact) mass is 331 g/mol. The molecule has 3 rings (SSSR count). The number of nitrogens with zero attached hydrogens (tertiary/aromatic N) is 3. The zero-order valence-electron chi connectivity index (χ0n) is 14.9. The minimum atomic E-state index is 0.109. The lowest BCUT2D eigenvalue weighted by atomic mass is 9.92. The van der Waals surface area contributed by atoms with Crippen molar-refractivity contribution in [3.05, 3.63) is 29.6 Å². The zero-order chi connectivity index (χ0) is 16.9. The van der Waals surface area contributed by atoms with Crippen molar-refractivity contribution >= 4 is 5.91 Å². The fraction of sp³-hybridized carbons (Fsp3) is 0.684. The molecule has 1 aromatic rings. The van der Waals surface area contributed by atoms with Gasteiger partial charge in [-0.2, -0.15) is 0 Å². The molecule has 2 aliphatic rings. The summed E-state index contributed by atoms with van der Waals surface area (Å²) in [6.07, 6.45) is 5.22. The van der Waals surface area contributed by atoms with Crippen LogP contribution >= 0.6 is 0 Å². The molecule has 0 spiro atoms. The van der Waals surface area contributed by atoms with E-state index >= 15 is 0 Å². The number of pyridine rings is 1. The average Bonchev–Trinajstić information content (AvgIpc) is 2.91. The maximum atomic E-state index is 12.8. The normalized spacial score (nSPS) is 24.7. The Morgan fingerprint density at radius 1 is 1.29 bits per heavy atom. The molecule has 2 saturated heterocycles. The summed E-state index contributed by atoms with van der Waals surface area (Å²) in [7, 11) is 1.77. The molecular weight excluding hydrogens is 302 g/mol. The van der Waals surface area contributed by atoms with E-state index in [4.69, 9.17) is 4.74 Å². The number of carbonyl (C=O) groups is 1. The van der Waals surface area contributed by atoms with Crippen molar-refractivity contribution in [2.75, 3.05) is 46.4 Å². The Kier molecular flexibility index (Phi) is 5.85. The summed E-state index contributed by atoms with van der Waals surface area (Å²) in [6.45, 7) is 8.02. The predicted octanol–water partition coefficient (Wildman–Crippen LogP) is 2.21. The molecule has 2 atom stereocenters. The Bertz CT molecular complexity index is 547. The van der Waals surface area contributed by atoms with Crippen LogP contribution in [0.2, 0.25) is 0 Å². The molecule has 24 heavy (non-hydrogen) atoms. The number of ether oxygens (including phenoxy) is 1. The van der Waals surface area contributed by atoms with Gasteiger partial charge in [0.15, 0.2) is 0 Å². The third-order valence-corrected chi connectivity index (χ3v) is 5.53. The highest BCUT2D eigenvalue weighted by molar-refractivity contribution is 5.93. The van der Waals surface area contributed by atoms with Crippen LogP contribution in [-0.2, 0) is 4.74 Å². The predicted molar refractivity (Wildman–Crippen MR) is 94.0 cm³/mol. The molecule has 0 aliphatic carbocycles. The maximum Gasteiger partial charge on any atom is 0.272 e. The highest BCUT2D eigenvalue weighted by atomic mass is 16.5. The van der Waals surface area contributed by atoms with Gasteiger partial charge < -0.3 is 14.5 Å². The van der Waals surface area contributed by atoms with Crippen molar-refractivity contribution in [2.24, 2.45) is 11.8 Å². The van der Waals surface area contributed by atoms with Crippen LogP contribution < -0.4 is 0 Å². The molecule has 0 aromatic carbocycles. The van der Waals surface area contributed by atoms with Gasteiger partial charge in [0.05, 0.1) is 0 Å². The molecule has 1 aromatic heterocycles. The van der Waals surface area contributed by atoms with E-state index < -0.39 is 0 Å². The molecule has 2 fully saturated rings. The fourth-order valence-electron chi connectivity index (χ4n) is 4.08. The Morgan fingerprint density at radius 2 is 2.00 bits per heavy atom. The molecule has 5 nitrogen and oxygen atoms in total. The lowest BCUT2D eigenvalue weighted by molar-refractivity contribution is 0.0773. The Labute approximate surface area is 145 Å². The first-order valence-electron chi connectivity index (χ1n) is 9.11. The molecule has 0 unspecified atom stereocenters. The van der Waals surface area contributed by atoms with E-state index in [9.17, 15) is 4.79 Å². The smallest absolute Gasteiger partial charge is 0.272 e. The van der Waals surface area contributed by atoms with E-state index in [1.807, 2.05) is 24.0 Å². The first-order chi connectivity index (χ1) is 11.7. The summed E-state index contributed by atoms with van der Waals surface area (Å²) in [6, 6.07) is 3.85. The van der Waals surface area contributed by atoms with Crippen molar-refractivity contribution in [3.8, 4) is 0 Å². The van der Waals surface area contributed by atoms with Gasteiger partial charge >= 0.3 is 0 Å². The highest BCUT2D eigenvalue weighted by Gasteiger charge is 2.37. The quantitative estimate of drug-likeness (QED) is 0.776. The summed E-state index contributed by atoms with van der Waals surface area (Å²) in [5, 5.41) is 0. The van der Waals surface area contributed by atoms with Crippen molar-refractivity contribution < 1.29 is 9.53 Å². The molecule has 0 N–H and O–H groups in total. The molecule has 1 amide bonds. The van der Waals surface area contributed by atoms with Gasteiger partial charge in [0.1, 0.15) is 5.69 Å². The number of amides is 1. The molecule has 5 heteroatoms. The number of hydrogen-bond donors (Lipinski definition) is 0. The van der Waals surface area contributed by atoms with Crippen molar-refractivity contribution in [1.29, 1.82) is 0 Å². The Balaban J connectivity index is 1.55. The van der Waals surface area contributed by atoms with Crippen LogP contribution in [0.5, 0.6) is 0 Å². The second kappa shape index (κ2) is 8.08. The topological polar surface area (TPSA) is 45.7 Å². The number of hydrogen-bond acceptors (Lipinski definition) is 4. The van der Waals surface area contributed by atoms with Crippen LogP contribution in [0.3, 0.4) is 0 Å². The first kappa shape index (κ1) is 17.4. The van der Waals surface area contributed by atoms with E-state index in [2.05, 4.69) is 9.88 Å². The second-order valence-electron chi connectivity index (χ2n) is 7.16. The van der Waals surface area contributed by atoms with Gasteiger partial charge in [0.2, 0.25) is 0 Å². The zero-order valence-corrected chi connectivity index (χ0v) is 14.9. The third-order valence-electron chi connectivity index (χ3n) is 5.53. The van der Waals surface area contributed by atoms with Crippen molar-refractivity contribution in [2.45, 2.75) is 26.2 Å². The SMILES string of the molecule is COCCCN1CC[C@@H]2CN(C(=O)c3ncccc3C)C[C@@H]2CC1.